The Kier molecular flexibility index (Phi) is 3.15. The number of hydrogen-bond donors (Lipinski definition) is 2. The van der Waals surface area contributed by atoms with Gasteiger partial charge in [-0.3, -0.25) is 0 Å². The summed E-state index contributed by atoms with van der Waals surface area (Å²) in [6, 6.07) is 7.95. The fraction of sp³-hybridized carbons (Fsp3) is 0.0833. The summed E-state index contributed by atoms with van der Waals surface area (Å²) in [6.45, 7) is 1.87. The Bertz CT molecular complexity index is 508. The maximum absolute atomic E-state index is 13.5. The van der Waals surface area contributed by atoms with E-state index >= 15 is 0 Å². The van der Waals surface area contributed by atoms with Crippen LogP contribution in [-0.4, -0.2) is 4.98 Å². The molecule has 2 aromatic rings. The minimum absolute atomic E-state index is 0.301. The van der Waals surface area contributed by atoms with Gasteiger partial charge in [-0.15, -0.1) is 0 Å². The number of aromatic nitrogens is 1. The number of halogens is 2. The predicted octanol–water partition coefficient (Wildman–Crippen LogP) is 3.51. The van der Waals surface area contributed by atoms with Crippen LogP contribution in [0.5, 0.6) is 0 Å². The van der Waals surface area contributed by atoms with E-state index in [1.807, 2.05) is 6.92 Å². The Labute approximate surface area is 103 Å². The molecule has 17 heavy (non-hydrogen) atoms. The Balaban J connectivity index is 2.37. The van der Waals surface area contributed by atoms with Crippen LogP contribution in [0.1, 0.15) is 5.56 Å². The maximum Gasteiger partial charge on any atom is 0.155 e. The van der Waals surface area contributed by atoms with Crippen LogP contribution in [0.3, 0.4) is 0 Å². The summed E-state index contributed by atoms with van der Waals surface area (Å²) in [5.74, 6) is -0.0150. The van der Waals surface area contributed by atoms with Crippen LogP contribution < -0.4 is 11.1 Å². The van der Waals surface area contributed by atoms with Gasteiger partial charge in [-0.1, -0.05) is 17.7 Å². The van der Waals surface area contributed by atoms with E-state index < -0.39 is 0 Å². The highest BCUT2D eigenvalue weighted by Crippen LogP contribution is 2.25. The van der Waals surface area contributed by atoms with E-state index in [2.05, 4.69) is 10.3 Å². The predicted molar refractivity (Wildman–Crippen MR) is 68.1 cm³/mol. The van der Waals surface area contributed by atoms with E-state index in [4.69, 9.17) is 17.3 Å². The zero-order chi connectivity index (χ0) is 12.4. The van der Waals surface area contributed by atoms with Gasteiger partial charge in [0, 0.05) is 0 Å². The van der Waals surface area contributed by atoms with Crippen LogP contribution in [0, 0.1) is 12.7 Å². The Morgan fingerprint density at radius 3 is 2.82 bits per heavy atom. The van der Waals surface area contributed by atoms with Crippen molar-refractivity contribution in [3.63, 3.8) is 0 Å². The second-order valence-electron chi connectivity index (χ2n) is 3.68. The first kappa shape index (κ1) is 11.7. The molecular weight excluding hydrogens is 241 g/mol. The Morgan fingerprint density at radius 2 is 2.06 bits per heavy atom. The number of nitrogens with zero attached hydrogens (tertiary/aromatic N) is 1. The van der Waals surface area contributed by atoms with Gasteiger partial charge < -0.3 is 11.1 Å². The molecule has 0 aliphatic carbocycles. The third kappa shape index (κ3) is 2.65. The van der Waals surface area contributed by atoms with Crippen LogP contribution in [0.4, 0.5) is 21.6 Å². The zero-order valence-electron chi connectivity index (χ0n) is 9.17. The van der Waals surface area contributed by atoms with Crippen LogP contribution in [-0.2, 0) is 0 Å². The van der Waals surface area contributed by atoms with Gasteiger partial charge in [-0.2, -0.15) is 0 Å². The van der Waals surface area contributed by atoms with Crippen molar-refractivity contribution in [2.24, 2.45) is 0 Å². The standard InChI is InChI=1S/C12H11ClFN3/c1-7-2-3-8(14)10(6-7)16-12-9(15)4-5-11(13)17-12/h2-6H,15H2,1H3,(H,16,17). The van der Waals surface area contributed by atoms with Gasteiger partial charge in [-0.25, -0.2) is 9.37 Å². The lowest BCUT2D eigenvalue weighted by atomic mass is 10.2. The molecule has 0 aliphatic rings. The molecule has 88 valence electrons. The first-order valence-corrected chi connectivity index (χ1v) is 5.39. The van der Waals surface area contributed by atoms with E-state index in [9.17, 15) is 4.39 Å². The second-order valence-corrected chi connectivity index (χ2v) is 4.07. The summed E-state index contributed by atoms with van der Waals surface area (Å²) in [4.78, 5) is 4.00. The molecule has 0 aliphatic heterocycles. The summed E-state index contributed by atoms with van der Waals surface area (Å²) in [6.07, 6.45) is 0. The monoisotopic (exact) mass is 251 g/mol. The Morgan fingerprint density at radius 1 is 1.29 bits per heavy atom. The highest BCUT2D eigenvalue weighted by Gasteiger charge is 2.06. The number of benzene rings is 1. The number of pyridine rings is 1. The van der Waals surface area contributed by atoms with Crippen LogP contribution >= 0.6 is 11.6 Å². The van der Waals surface area contributed by atoms with Gasteiger partial charge in [-0.05, 0) is 36.8 Å². The maximum atomic E-state index is 13.5. The lowest BCUT2D eigenvalue weighted by molar-refractivity contribution is 0.631. The molecule has 0 atom stereocenters. The molecule has 0 saturated heterocycles. The van der Waals surface area contributed by atoms with Gasteiger partial charge >= 0.3 is 0 Å². The number of hydrogen-bond acceptors (Lipinski definition) is 3. The summed E-state index contributed by atoms with van der Waals surface area (Å²) in [7, 11) is 0. The number of aryl methyl sites for hydroxylation is 1. The van der Waals surface area contributed by atoms with Crippen molar-refractivity contribution in [1.29, 1.82) is 0 Å². The van der Waals surface area contributed by atoms with E-state index in [1.54, 1.807) is 24.3 Å². The molecule has 1 aromatic carbocycles. The minimum Gasteiger partial charge on any atom is -0.396 e. The van der Waals surface area contributed by atoms with Crippen LogP contribution in [0.15, 0.2) is 30.3 Å². The summed E-state index contributed by atoms with van der Waals surface area (Å²) in [5.41, 5.74) is 7.40. The highest BCUT2D eigenvalue weighted by atomic mass is 35.5. The van der Waals surface area contributed by atoms with E-state index in [0.29, 0.717) is 22.3 Å². The van der Waals surface area contributed by atoms with Crippen molar-refractivity contribution in [2.75, 3.05) is 11.1 Å². The number of nitrogen functional groups attached to an aromatic ring is 1. The summed E-state index contributed by atoms with van der Waals surface area (Å²) in [5, 5.41) is 3.13. The van der Waals surface area contributed by atoms with Gasteiger partial charge in [0.25, 0.3) is 0 Å². The zero-order valence-corrected chi connectivity index (χ0v) is 9.92. The molecule has 0 saturated carbocycles. The molecule has 3 N–H and O–H groups in total. The molecule has 0 unspecified atom stereocenters. The molecule has 3 nitrogen and oxygen atoms in total. The van der Waals surface area contributed by atoms with Crippen molar-refractivity contribution < 1.29 is 4.39 Å². The van der Waals surface area contributed by atoms with Crippen molar-refractivity contribution in [1.82, 2.24) is 4.98 Å². The van der Waals surface area contributed by atoms with Gasteiger partial charge in [0.2, 0.25) is 0 Å². The SMILES string of the molecule is Cc1ccc(F)c(Nc2nc(Cl)ccc2N)c1. The van der Waals surface area contributed by atoms with Gasteiger partial charge in [0.05, 0.1) is 11.4 Å². The fourth-order valence-electron chi connectivity index (χ4n) is 1.41. The second kappa shape index (κ2) is 4.59. The van der Waals surface area contributed by atoms with Crippen LogP contribution in [0.25, 0.3) is 0 Å². The smallest absolute Gasteiger partial charge is 0.155 e. The Hall–Kier alpha value is -1.81. The molecule has 0 amide bonds. The first-order valence-electron chi connectivity index (χ1n) is 5.01. The van der Waals surface area contributed by atoms with Gasteiger partial charge in [0.1, 0.15) is 11.0 Å². The topological polar surface area (TPSA) is 50.9 Å². The third-order valence-electron chi connectivity index (χ3n) is 2.27. The van der Waals surface area contributed by atoms with Crippen molar-refractivity contribution in [3.05, 3.63) is 46.9 Å². The van der Waals surface area contributed by atoms with Crippen molar-refractivity contribution >= 4 is 28.8 Å². The first-order chi connectivity index (χ1) is 8.06. The number of anilines is 3. The third-order valence-corrected chi connectivity index (χ3v) is 2.48. The summed E-state index contributed by atoms with van der Waals surface area (Å²) < 4.78 is 13.5. The number of nitrogens with two attached hydrogens (primary N) is 1. The van der Waals surface area contributed by atoms with E-state index in [-0.39, 0.29) is 5.82 Å². The number of nitrogens with one attached hydrogen (secondary N) is 1. The summed E-state index contributed by atoms with van der Waals surface area (Å²) >= 11 is 5.75. The quantitative estimate of drug-likeness (QED) is 0.803. The highest BCUT2D eigenvalue weighted by molar-refractivity contribution is 6.29. The molecule has 0 radical (unpaired) electrons. The van der Waals surface area contributed by atoms with Crippen molar-refractivity contribution in [2.45, 2.75) is 6.92 Å². The molecule has 1 heterocycles. The minimum atomic E-state index is -0.364. The molecule has 5 heteroatoms. The normalized spacial score (nSPS) is 10.3. The van der Waals surface area contributed by atoms with E-state index in [0.717, 1.165) is 5.56 Å². The largest absolute Gasteiger partial charge is 0.396 e. The molecule has 0 bridgehead atoms. The van der Waals surface area contributed by atoms with Crippen LogP contribution in [0.2, 0.25) is 5.15 Å². The van der Waals surface area contributed by atoms with E-state index in [1.165, 1.54) is 6.07 Å². The molecule has 0 spiro atoms. The molecule has 0 fully saturated rings. The molecule has 2 rings (SSSR count). The lowest BCUT2D eigenvalue weighted by Gasteiger charge is -2.10. The average Bonchev–Trinajstić information content (AvgIpc) is 2.28. The van der Waals surface area contributed by atoms with Crippen molar-refractivity contribution in [3.8, 4) is 0 Å². The number of rotatable bonds is 2. The fourth-order valence-corrected chi connectivity index (χ4v) is 1.56. The lowest BCUT2D eigenvalue weighted by Crippen LogP contribution is -2.01. The molecular formula is C12H11ClFN3. The van der Waals surface area contributed by atoms with Gasteiger partial charge in [0.15, 0.2) is 5.82 Å². The average molecular weight is 252 g/mol. The molecule has 1 aromatic heterocycles.